The molecule has 0 aliphatic heterocycles. The minimum atomic E-state index is 0.805. The molecule has 3 rings (SSSR count). The van der Waals surface area contributed by atoms with E-state index in [9.17, 15) is 0 Å². The summed E-state index contributed by atoms with van der Waals surface area (Å²) in [6, 6.07) is 25.6. The van der Waals surface area contributed by atoms with Crippen molar-refractivity contribution in [3.8, 4) is 11.5 Å². The summed E-state index contributed by atoms with van der Waals surface area (Å²) in [4.78, 5) is 0. The number of nitrogens with zero attached hydrogens (tertiary/aromatic N) is 1. The number of nitrogens with one attached hydrogen (secondary N) is 1. The Balaban J connectivity index is 1.58. The van der Waals surface area contributed by atoms with Crippen LogP contribution in [0, 0.1) is 6.92 Å². The highest BCUT2D eigenvalue weighted by Crippen LogP contribution is 2.20. The van der Waals surface area contributed by atoms with Crippen molar-refractivity contribution in [2.24, 2.45) is 5.10 Å². The van der Waals surface area contributed by atoms with E-state index in [1.807, 2.05) is 78.9 Å². The number of hydrogen-bond donors (Lipinski definition) is 1. The maximum Gasteiger partial charge on any atom is 0.127 e. The minimum Gasteiger partial charge on any atom is -0.457 e. The largest absolute Gasteiger partial charge is 0.457 e. The second kappa shape index (κ2) is 7.27. The van der Waals surface area contributed by atoms with Gasteiger partial charge in [-0.2, -0.15) is 5.10 Å². The predicted molar refractivity (Wildman–Crippen MR) is 95.4 cm³/mol. The topological polar surface area (TPSA) is 33.6 Å². The van der Waals surface area contributed by atoms with Gasteiger partial charge >= 0.3 is 0 Å². The molecule has 0 radical (unpaired) electrons. The van der Waals surface area contributed by atoms with Crippen LogP contribution in [-0.2, 0) is 0 Å². The van der Waals surface area contributed by atoms with E-state index in [2.05, 4.69) is 17.5 Å². The number of ether oxygens (including phenoxy) is 1. The third-order valence-corrected chi connectivity index (χ3v) is 3.32. The van der Waals surface area contributed by atoms with Crippen molar-refractivity contribution in [1.29, 1.82) is 0 Å². The van der Waals surface area contributed by atoms with Crippen molar-refractivity contribution in [2.75, 3.05) is 5.43 Å². The Morgan fingerprint density at radius 1 is 0.783 bits per heavy atom. The molecule has 1 N–H and O–H groups in total. The Hall–Kier alpha value is -3.07. The predicted octanol–water partition coefficient (Wildman–Crippen LogP) is 5.23. The van der Waals surface area contributed by atoms with Crippen molar-refractivity contribution in [3.63, 3.8) is 0 Å². The van der Waals surface area contributed by atoms with Gasteiger partial charge in [0, 0.05) is 0 Å². The Labute approximate surface area is 136 Å². The van der Waals surface area contributed by atoms with Crippen LogP contribution < -0.4 is 10.2 Å². The van der Waals surface area contributed by atoms with Gasteiger partial charge in [0.25, 0.3) is 0 Å². The highest BCUT2D eigenvalue weighted by Gasteiger charge is 1.96. The summed E-state index contributed by atoms with van der Waals surface area (Å²) in [5.41, 5.74) is 6.22. The number of aryl methyl sites for hydroxylation is 1. The lowest BCUT2D eigenvalue weighted by Gasteiger charge is -2.05. The van der Waals surface area contributed by atoms with Crippen molar-refractivity contribution >= 4 is 11.9 Å². The molecule has 0 fully saturated rings. The van der Waals surface area contributed by atoms with Gasteiger partial charge in [0.2, 0.25) is 0 Å². The van der Waals surface area contributed by atoms with Crippen LogP contribution in [0.5, 0.6) is 11.5 Å². The van der Waals surface area contributed by atoms with Gasteiger partial charge in [0.05, 0.1) is 11.9 Å². The summed E-state index contributed by atoms with van der Waals surface area (Å²) in [6.45, 7) is 2.06. The molecule has 0 atom stereocenters. The smallest absolute Gasteiger partial charge is 0.127 e. The Morgan fingerprint density at radius 2 is 1.43 bits per heavy atom. The molecular formula is C20H18N2O. The molecule has 0 saturated carbocycles. The van der Waals surface area contributed by atoms with Gasteiger partial charge in [-0.25, -0.2) is 0 Å². The van der Waals surface area contributed by atoms with Gasteiger partial charge in [-0.15, -0.1) is 0 Å². The Morgan fingerprint density at radius 3 is 2.13 bits per heavy atom. The number of para-hydroxylation sites is 1. The molecule has 114 valence electrons. The van der Waals surface area contributed by atoms with Gasteiger partial charge in [0.15, 0.2) is 0 Å². The maximum absolute atomic E-state index is 5.76. The standard InChI is InChI=1S/C20H18N2O/c1-16-7-11-18(12-8-16)22-21-15-17-9-13-20(14-10-17)23-19-5-3-2-4-6-19/h2-15,22H,1H3. The lowest BCUT2D eigenvalue weighted by atomic mass is 10.2. The third-order valence-electron chi connectivity index (χ3n) is 3.32. The van der Waals surface area contributed by atoms with Crippen LogP contribution in [0.1, 0.15) is 11.1 Å². The third kappa shape index (κ3) is 4.45. The average molecular weight is 302 g/mol. The van der Waals surface area contributed by atoms with Gasteiger partial charge in [-0.05, 0) is 61.0 Å². The normalized spacial score (nSPS) is 10.7. The zero-order valence-electron chi connectivity index (χ0n) is 12.9. The van der Waals surface area contributed by atoms with Crippen LogP contribution in [0.25, 0.3) is 0 Å². The molecule has 0 aromatic heterocycles. The highest BCUT2D eigenvalue weighted by atomic mass is 16.5. The summed E-state index contributed by atoms with van der Waals surface area (Å²) in [6.07, 6.45) is 1.78. The van der Waals surface area contributed by atoms with Gasteiger partial charge < -0.3 is 4.74 Å². The Kier molecular flexibility index (Phi) is 4.69. The summed E-state index contributed by atoms with van der Waals surface area (Å²) in [7, 11) is 0. The van der Waals surface area contributed by atoms with Crippen LogP contribution in [0.4, 0.5) is 5.69 Å². The molecule has 0 amide bonds. The molecule has 0 saturated heterocycles. The molecule has 0 unspecified atom stereocenters. The summed E-state index contributed by atoms with van der Waals surface area (Å²) in [5, 5.41) is 4.24. The van der Waals surface area contributed by atoms with Crippen LogP contribution in [0.3, 0.4) is 0 Å². The van der Waals surface area contributed by atoms with E-state index in [1.54, 1.807) is 6.21 Å². The van der Waals surface area contributed by atoms with Gasteiger partial charge in [-0.1, -0.05) is 35.9 Å². The van der Waals surface area contributed by atoms with E-state index in [4.69, 9.17) is 4.74 Å². The molecule has 0 heterocycles. The van der Waals surface area contributed by atoms with Gasteiger partial charge in [-0.3, -0.25) is 5.43 Å². The summed E-state index contributed by atoms with van der Waals surface area (Å²) in [5.74, 6) is 1.63. The van der Waals surface area contributed by atoms with Crippen LogP contribution >= 0.6 is 0 Å². The molecule has 0 aliphatic rings. The first-order chi connectivity index (χ1) is 11.3. The molecule has 3 aromatic carbocycles. The number of anilines is 1. The number of hydrazone groups is 1. The fourth-order valence-electron chi connectivity index (χ4n) is 2.06. The molecule has 0 bridgehead atoms. The van der Waals surface area contributed by atoms with E-state index >= 15 is 0 Å². The van der Waals surface area contributed by atoms with E-state index in [1.165, 1.54) is 5.56 Å². The first-order valence-corrected chi connectivity index (χ1v) is 7.48. The fraction of sp³-hybridized carbons (Fsp3) is 0.0500. The van der Waals surface area contributed by atoms with Crippen molar-refractivity contribution < 1.29 is 4.74 Å². The van der Waals surface area contributed by atoms with Crippen molar-refractivity contribution in [1.82, 2.24) is 0 Å². The zero-order chi connectivity index (χ0) is 15.9. The van der Waals surface area contributed by atoms with Crippen LogP contribution in [0.15, 0.2) is 84.0 Å². The lowest BCUT2D eigenvalue weighted by molar-refractivity contribution is 0.482. The Bertz CT molecular complexity index is 763. The number of rotatable bonds is 5. The first kappa shape index (κ1) is 14.9. The highest BCUT2D eigenvalue weighted by molar-refractivity contribution is 5.80. The van der Waals surface area contributed by atoms with E-state index in [0.717, 1.165) is 22.7 Å². The SMILES string of the molecule is Cc1ccc(NN=Cc2ccc(Oc3ccccc3)cc2)cc1. The first-order valence-electron chi connectivity index (χ1n) is 7.48. The van der Waals surface area contributed by atoms with Crippen molar-refractivity contribution in [2.45, 2.75) is 6.92 Å². The average Bonchev–Trinajstić information content (AvgIpc) is 2.59. The zero-order valence-corrected chi connectivity index (χ0v) is 12.9. The molecule has 3 aromatic rings. The van der Waals surface area contributed by atoms with E-state index in [0.29, 0.717) is 0 Å². The molecule has 3 heteroatoms. The molecular weight excluding hydrogens is 284 g/mol. The van der Waals surface area contributed by atoms with E-state index in [-0.39, 0.29) is 0 Å². The summed E-state index contributed by atoms with van der Waals surface area (Å²) < 4.78 is 5.76. The summed E-state index contributed by atoms with van der Waals surface area (Å²) >= 11 is 0. The van der Waals surface area contributed by atoms with Crippen LogP contribution in [-0.4, -0.2) is 6.21 Å². The van der Waals surface area contributed by atoms with E-state index < -0.39 is 0 Å². The second-order valence-electron chi connectivity index (χ2n) is 5.22. The monoisotopic (exact) mass is 302 g/mol. The molecule has 0 spiro atoms. The minimum absolute atomic E-state index is 0.805. The number of benzene rings is 3. The number of hydrogen-bond acceptors (Lipinski definition) is 3. The quantitative estimate of drug-likeness (QED) is 0.517. The molecule has 23 heavy (non-hydrogen) atoms. The second-order valence-corrected chi connectivity index (χ2v) is 5.22. The lowest BCUT2D eigenvalue weighted by Crippen LogP contribution is -1.91. The van der Waals surface area contributed by atoms with Crippen LogP contribution in [0.2, 0.25) is 0 Å². The van der Waals surface area contributed by atoms with Gasteiger partial charge in [0.1, 0.15) is 11.5 Å². The maximum atomic E-state index is 5.76. The van der Waals surface area contributed by atoms with Crippen molar-refractivity contribution in [3.05, 3.63) is 90.0 Å². The fourth-order valence-corrected chi connectivity index (χ4v) is 2.06. The molecule has 3 nitrogen and oxygen atoms in total. The molecule has 0 aliphatic carbocycles.